The molecule has 4 aliphatic heterocycles. The zero-order valence-electron chi connectivity index (χ0n) is 33.3. The molecule has 0 unspecified atom stereocenters. The summed E-state index contributed by atoms with van der Waals surface area (Å²) in [5.41, 5.74) is 4.40. The van der Waals surface area contributed by atoms with Gasteiger partial charge in [0.05, 0.1) is 48.4 Å². The molecule has 4 aromatic rings. The standard InChI is InChI=1S/2C22H26N4O3/c2*1-3-6-14-8-9-17-20-19(21(28)24-11-15-7-4-5-10-23-15)16(13-27)18(25(20)2)12-26(17)22(14)29/h2*3-10,16,18-20,27H,11-13H2,1-2H3,(H,24,28)/b6-3+;6-3-/t2*16-,18-,19+,20+/m11/s1. The van der Waals surface area contributed by atoms with Crippen LogP contribution in [-0.2, 0) is 35.8 Å². The van der Waals surface area contributed by atoms with Crippen LogP contribution in [0.5, 0.6) is 0 Å². The first kappa shape index (κ1) is 40.6. The van der Waals surface area contributed by atoms with Crippen LogP contribution < -0.4 is 21.8 Å². The van der Waals surface area contributed by atoms with E-state index in [1.165, 1.54) is 0 Å². The normalized spacial score (nSPS) is 25.9. The van der Waals surface area contributed by atoms with Crippen molar-refractivity contribution in [2.24, 2.45) is 23.7 Å². The van der Waals surface area contributed by atoms with E-state index in [4.69, 9.17) is 0 Å². The maximum Gasteiger partial charge on any atom is 0.258 e. The summed E-state index contributed by atoms with van der Waals surface area (Å²) in [6.07, 6.45) is 10.7. The molecule has 14 heteroatoms. The summed E-state index contributed by atoms with van der Waals surface area (Å²) >= 11 is 0. The van der Waals surface area contributed by atoms with Crippen molar-refractivity contribution in [1.82, 2.24) is 39.5 Å². The van der Waals surface area contributed by atoms with Gasteiger partial charge in [-0.1, -0.05) is 36.4 Å². The monoisotopic (exact) mass is 788 g/mol. The summed E-state index contributed by atoms with van der Waals surface area (Å²) in [4.78, 5) is 65.0. The highest BCUT2D eigenvalue weighted by atomic mass is 16.3. The van der Waals surface area contributed by atoms with E-state index >= 15 is 0 Å². The molecule has 4 aromatic heterocycles. The highest BCUT2D eigenvalue weighted by Gasteiger charge is 2.55. The Kier molecular flexibility index (Phi) is 12.3. The van der Waals surface area contributed by atoms with Crippen molar-refractivity contribution in [1.29, 1.82) is 0 Å². The lowest BCUT2D eigenvalue weighted by Gasteiger charge is -2.35. The summed E-state index contributed by atoms with van der Waals surface area (Å²) in [6, 6.07) is 18.0. The Morgan fingerprint density at radius 3 is 1.43 bits per heavy atom. The number of aliphatic hydroxyl groups is 2. The van der Waals surface area contributed by atoms with Gasteiger partial charge in [0.25, 0.3) is 11.1 Å². The molecule has 2 fully saturated rings. The zero-order chi connectivity index (χ0) is 41.1. The summed E-state index contributed by atoms with van der Waals surface area (Å²) in [5.74, 6) is -1.57. The number of aromatic nitrogens is 4. The third kappa shape index (κ3) is 7.48. The fraction of sp³-hybridized carbons (Fsp3) is 0.409. The summed E-state index contributed by atoms with van der Waals surface area (Å²) in [7, 11) is 3.94. The van der Waals surface area contributed by atoms with Crippen molar-refractivity contribution in [3.05, 3.63) is 140 Å². The van der Waals surface area contributed by atoms with Crippen LogP contribution in [0.3, 0.4) is 0 Å². The molecule has 0 saturated carbocycles. The van der Waals surface area contributed by atoms with Gasteiger partial charge in [0.15, 0.2) is 0 Å². The Morgan fingerprint density at radius 1 is 0.672 bits per heavy atom. The first-order valence-electron chi connectivity index (χ1n) is 19.9. The predicted octanol–water partition coefficient (Wildman–Crippen LogP) is 2.37. The number of carbonyl (C=O) groups is 2. The number of rotatable bonds is 10. The number of amides is 2. The van der Waals surface area contributed by atoms with Crippen LogP contribution in [0.2, 0.25) is 0 Å². The van der Waals surface area contributed by atoms with Crippen molar-refractivity contribution in [3.63, 3.8) is 0 Å². The number of likely N-dealkylation sites (N-methyl/N-ethyl adjacent to an activating group) is 2. The molecule has 2 amide bonds. The number of fused-ring (bicyclic) bond motifs is 8. The molecule has 2 saturated heterocycles. The Bertz CT molecular complexity index is 2130. The average molecular weight is 789 g/mol. The Labute approximate surface area is 337 Å². The number of carbonyl (C=O) groups excluding carboxylic acids is 2. The van der Waals surface area contributed by atoms with E-state index in [-0.39, 0.29) is 72.1 Å². The maximum atomic E-state index is 13.2. The molecule has 8 heterocycles. The van der Waals surface area contributed by atoms with Crippen molar-refractivity contribution in [2.75, 3.05) is 27.3 Å². The molecule has 4 aliphatic rings. The second kappa shape index (κ2) is 17.5. The lowest BCUT2D eigenvalue weighted by Crippen LogP contribution is -2.44. The minimum Gasteiger partial charge on any atom is -0.396 e. The van der Waals surface area contributed by atoms with E-state index in [1.807, 2.05) is 101 Å². The number of pyridine rings is 4. The lowest BCUT2D eigenvalue weighted by atomic mass is 9.86. The van der Waals surface area contributed by atoms with Gasteiger partial charge in [-0.15, -0.1) is 0 Å². The van der Waals surface area contributed by atoms with Crippen molar-refractivity contribution >= 4 is 24.0 Å². The van der Waals surface area contributed by atoms with E-state index in [2.05, 4.69) is 30.4 Å². The molecule has 4 N–H and O–H groups in total. The van der Waals surface area contributed by atoms with Crippen LogP contribution >= 0.6 is 0 Å². The molecule has 0 aliphatic carbocycles. The van der Waals surface area contributed by atoms with Gasteiger partial charge in [-0.3, -0.25) is 38.9 Å². The summed E-state index contributed by atoms with van der Waals surface area (Å²) in [6.45, 7) is 5.18. The van der Waals surface area contributed by atoms with Crippen molar-refractivity contribution in [2.45, 2.75) is 64.2 Å². The molecule has 304 valence electrons. The van der Waals surface area contributed by atoms with Crippen LogP contribution in [0.25, 0.3) is 12.2 Å². The molecule has 14 nitrogen and oxygen atoms in total. The number of nitrogens with zero attached hydrogens (tertiary/aromatic N) is 6. The second-order valence-corrected chi connectivity index (χ2v) is 15.4. The predicted molar refractivity (Wildman–Crippen MR) is 220 cm³/mol. The topological polar surface area (TPSA) is 175 Å². The third-order valence-corrected chi connectivity index (χ3v) is 12.4. The van der Waals surface area contributed by atoms with E-state index in [9.17, 15) is 29.4 Å². The van der Waals surface area contributed by atoms with Gasteiger partial charge in [-0.2, -0.15) is 0 Å². The summed E-state index contributed by atoms with van der Waals surface area (Å²) in [5, 5.41) is 26.2. The minimum absolute atomic E-state index is 0.0464. The lowest BCUT2D eigenvalue weighted by molar-refractivity contribution is -0.128. The Balaban J connectivity index is 0.000000177. The Hall–Kier alpha value is -5.54. The molecule has 58 heavy (non-hydrogen) atoms. The van der Waals surface area contributed by atoms with Crippen LogP contribution in [0.15, 0.2) is 94.8 Å². The van der Waals surface area contributed by atoms with Gasteiger partial charge in [0, 0.05) is 85.1 Å². The highest BCUT2D eigenvalue weighted by molar-refractivity contribution is 5.81. The van der Waals surface area contributed by atoms with Gasteiger partial charge in [0.1, 0.15) is 0 Å². The average Bonchev–Trinajstić information content (AvgIpc) is 3.53. The van der Waals surface area contributed by atoms with Crippen molar-refractivity contribution in [3.8, 4) is 0 Å². The molecule has 0 spiro atoms. The van der Waals surface area contributed by atoms with Crippen molar-refractivity contribution < 1.29 is 19.8 Å². The van der Waals surface area contributed by atoms with Gasteiger partial charge in [-0.25, -0.2) is 0 Å². The van der Waals surface area contributed by atoms with Gasteiger partial charge < -0.3 is 30.0 Å². The molecule has 0 radical (unpaired) electrons. The number of allylic oxidation sites excluding steroid dienone is 2. The van der Waals surface area contributed by atoms with Gasteiger partial charge >= 0.3 is 0 Å². The van der Waals surface area contributed by atoms with Crippen LogP contribution in [0, 0.1) is 23.7 Å². The minimum atomic E-state index is -0.431. The molecule has 8 atom stereocenters. The van der Waals surface area contributed by atoms with Gasteiger partial charge in [0.2, 0.25) is 11.8 Å². The third-order valence-electron chi connectivity index (χ3n) is 12.4. The molecular weight excluding hydrogens is 737 g/mol. The van der Waals surface area contributed by atoms with E-state index in [1.54, 1.807) is 33.7 Å². The number of hydrogen-bond acceptors (Lipinski definition) is 10. The fourth-order valence-electron chi connectivity index (χ4n) is 9.63. The van der Waals surface area contributed by atoms with Crippen LogP contribution in [0.4, 0.5) is 0 Å². The molecule has 0 aromatic carbocycles. The van der Waals surface area contributed by atoms with E-state index in [0.29, 0.717) is 37.3 Å². The van der Waals surface area contributed by atoms with E-state index < -0.39 is 11.8 Å². The fourth-order valence-corrected chi connectivity index (χ4v) is 9.63. The first-order chi connectivity index (χ1) is 28.1. The van der Waals surface area contributed by atoms with E-state index in [0.717, 1.165) is 22.8 Å². The smallest absolute Gasteiger partial charge is 0.258 e. The molecular formula is C44H52N8O6. The second-order valence-electron chi connectivity index (χ2n) is 15.4. The highest BCUT2D eigenvalue weighted by Crippen LogP contribution is 2.48. The largest absolute Gasteiger partial charge is 0.396 e. The van der Waals surface area contributed by atoms with Crippen LogP contribution in [0.1, 0.15) is 59.8 Å². The Morgan fingerprint density at radius 2 is 1.09 bits per heavy atom. The number of nitrogens with one attached hydrogen (secondary N) is 2. The molecule has 8 rings (SSSR count). The first-order valence-corrected chi connectivity index (χ1v) is 19.9. The number of aliphatic hydroxyl groups excluding tert-OH is 2. The van der Waals surface area contributed by atoms with Crippen LogP contribution in [-0.4, -0.2) is 90.3 Å². The SMILES string of the molecule is C/C=C/c1ccc2n(c1=O)C[C@@H]1[C@@H](CO)[C@H](C(=O)NCc3ccccn3)[C@H]2N1C.C/C=C\c1ccc2n(c1=O)C[C@@H]1[C@@H](CO)[C@H](C(=O)NCc3ccccn3)[C@H]2N1C. The quantitative estimate of drug-likeness (QED) is 0.187. The molecule has 4 bridgehead atoms. The van der Waals surface area contributed by atoms with Gasteiger partial charge in [-0.05, 0) is 76.5 Å². The maximum absolute atomic E-state index is 13.2. The summed E-state index contributed by atoms with van der Waals surface area (Å²) < 4.78 is 3.55. The zero-order valence-corrected chi connectivity index (χ0v) is 33.3. The number of hydrogen-bond donors (Lipinski definition) is 4.